The van der Waals surface area contributed by atoms with Gasteiger partial charge in [0.15, 0.2) is 0 Å². The van der Waals surface area contributed by atoms with Crippen molar-refractivity contribution in [3.05, 3.63) is 41.1 Å². The number of nitrogens with two attached hydrogens (primary N) is 1. The minimum absolute atomic E-state index is 0.0942. The predicted molar refractivity (Wildman–Crippen MR) is 126 cm³/mol. The molecule has 32 heavy (non-hydrogen) atoms. The van der Waals surface area contributed by atoms with Crippen LogP contribution in [0.1, 0.15) is 85.6 Å². The number of carbonyl (C=O) groups is 2. The van der Waals surface area contributed by atoms with Gasteiger partial charge in [-0.2, -0.15) is 5.10 Å². The van der Waals surface area contributed by atoms with Gasteiger partial charge in [0, 0.05) is 17.6 Å². The van der Waals surface area contributed by atoms with Crippen molar-refractivity contribution < 1.29 is 9.59 Å². The Morgan fingerprint density at radius 2 is 1.59 bits per heavy atom. The molecule has 172 valence electrons. The van der Waals surface area contributed by atoms with E-state index in [1.807, 2.05) is 13.0 Å². The van der Waals surface area contributed by atoms with Crippen LogP contribution in [0.5, 0.6) is 0 Å². The molecule has 2 aromatic rings. The number of amides is 2. The van der Waals surface area contributed by atoms with Crippen molar-refractivity contribution in [2.24, 2.45) is 11.3 Å². The van der Waals surface area contributed by atoms with Gasteiger partial charge in [-0.1, -0.05) is 26.8 Å². The highest BCUT2D eigenvalue weighted by Gasteiger charge is 2.31. The number of hydrogen-bond acceptors (Lipinski definition) is 4. The molecular formula is C25H35N5O2. The molecule has 0 spiro atoms. The Labute approximate surface area is 190 Å². The number of anilines is 1. The number of aromatic nitrogens is 2. The highest BCUT2D eigenvalue weighted by Crippen LogP contribution is 2.37. The summed E-state index contributed by atoms with van der Waals surface area (Å²) in [4.78, 5) is 25.4. The van der Waals surface area contributed by atoms with Gasteiger partial charge in [-0.15, -0.1) is 0 Å². The fourth-order valence-corrected chi connectivity index (χ4v) is 4.57. The van der Waals surface area contributed by atoms with Crippen molar-refractivity contribution in [2.75, 3.05) is 5.73 Å². The summed E-state index contributed by atoms with van der Waals surface area (Å²) in [5.74, 6) is 0.695. The van der Waals surface area contributed by atoms with Crippen molar-refractivity contribution in [1.29, 1.82) is 0 Å². The Bertz CT molecular complexity index is 1010. The van der Waals surface area contributed by atoms with E-state index in [-0.39, 0.29) is 29.7 Å². The Morgan fingerprint density at radius 1 is 1.00 bits per heavy atom. The summed E-state index contributed by atoms with van der Waals surface area (Å²) >= 11 is 0. The molecule has 2 saturated carbocycles. The van der Waals surface area contributed by atoms with Crippen LogP contribution < -0.4 is 16.4 Å². The third-order valence-electron chi connectivity index (χ3n) is 6.95. The van der Waals surface area contributed by atoms with Crippen LogP contribution >= 0.6 is 0 Å². The highest BCUT2D eigenvalue weighted by molar-refractivity contribution is 5.99. The van der Waals surface area contributed by atoms with Crippen molar-refractivity contribution in [1.82, 2.24) is 20.4 Å². The second-order valence-electron chi connectivity index (χ2n) is 10.5. The van der Waals surface area contributed by atoms with Gasteiger partial charge in [0.05, 0.1) is 11.9 Å². The van der Waals surface area contributed by atoms with Crippen molar-refractivity contribution in [3.63, 3.8) is 0 Å². The van der Waals surface area contributed by atoms with Crippen LogP contribution in [0.4, 0.5) is 5.82 Å². The number of nitrogens with one attached hydrogen (secondary N) is 2. The molecule has 4 N–H and O–H groups in total. The molecule has 2 aliphatic rings. The number of nitrogens with zero attached hydrogens (tertiary/aromatic N) is 2. The second kappa shape index (κ2) is 8.60. The first-order valence-corrected chi connectivity index (χ1v) is 11.7. The van der Waals surface area contributed by atoms with Crippen LogP contribution in [0, 0.1) is 18.3 Å². The zero-order valence-electron chi connectivity index (χ0n) is 19.6. The molecule has 7 nitrogen and oxygen atoms in total. The number of rotatable bonds is 5. The topological polar surface area (TPSA) is 102 Å². The number of benzene rings is 1. The first kappa shape index (κ1) is 22.4. The van der Waals surface area contributed by atoms with Crippen LogP contribution in [0.3, 0.4) is 0 Å². The van der Waals surface area contributed by atoms with Crippen LogP contribution in [-0.4, -0.2) is 33.7 Å². The molecule has 1 aromatic carbocycles. The number of aryl methyl sites for hydroxylation is 1. The Balaban J connectivity index is 1.46. The van der Waals surface area contributed by atoms with E-state index in [1.54, 1.807) is 16.8 Å². The summed E-state index contributed by atoms with van der Waals surface area (Å²) in [5.41, 5.74) is 9.22. The number of nitrogen functional groups attached to an aromatic ring is 1. The van der Waals surface area contributed by atoms with Crippen LogP contribution in [0.2, 0.25) is 0 Å². The fourth-order valence-electron chi connectivity index (χ4n) is 4.57. The predicted octanol–water partition coefficient (Wildman–Crippen LogP) is 3.99. The molecule has 1 heterocycles. The van der Waals surface area contributed by atoms with Crippen molar-refractivity contribution in [2.45, 2.75) is 78.3 Å². The Kier molecular flexibility index (Phi) is 6.01. The summed E-state index contributed by atoms with van der Waals surface area (Å²) in [7, 11) is 0. The lowest BCUT2D eigenvalue weighted by Gasteiger charge is -2.37. The average molecular weight is 438 g/mol. The van der Waals surface area contributed by atoms with Gasteiger partial charge in [0.2, 0.25) is 0 Å². The molecular weight excluding hydrogens is 402 g/mol. The van der Waals surface area contributed by atoms with Gasteiger partial charge >= 0.3 is 0 Å². The highest BCUT2D eigenvalue weighted by atomic mass is 16.2. The lowest BCUT2D eigenvalue weighted by molar-refractivity contribution is 0.0903. The number of hydrogen-bond donors (Lipinski definition) is 3. The summed E-state index contributed by atoms with van der Waals surface area (Å²) < 4.78 is 1.55. The smallest absolute Gasteiger partial charge is 0.256 e. The molecule has 0 aliphatic heterocycles. The van der Waals surface area contributed by atoms with Crippen LogP contribution in [0.25, 0.3) is 5.69 Å². The fraction of sp³-hybridized carbons (Fsp3) is 0.560. The third-order valence-corrected chi connectivity index (χ3v) is 6.95. The van der Waals surface area contributed by atoms with Crippen LogP contribution in [-0.2, 0) is 0 Å². The van der Waals surface area contributed by atoms with E-state index in [9.17, 15) is 9.59 Å². The zero-order valence-corrected chi connectivity index (χ0v) is 19.6. The molecule has 2 fully saturated rings. The van der Waals surface area contributed by atoms with Gasteiger partial charge in [0.25, 0.3) is 11.8 Å². The first-order chi connectivity index (χ1) is 15.1. The minimum Gasteiger partial charge on any atom is -0.383 e. The van der Waals surface area contributed by atoms with E-state index in [1.165, 1.54) is 6.20 Å². The third kappa shape index (κ3) is 4.81. The molecule has 2 aliphatic carbocycles. The summed E-state index contributed by atoms with van der Waals surface area (Å²) in [6, 6.07) is 5.92. The van der Waals surface area contributed by atoms with Crippen molar-refractivity contribution >= 4 is 17.6 Å². The van der Waals surface area contributed by atoms with Gasteiger partial charge in [-0.25, -0.2) is 4.68 Å². The van der Waals surface area contributed by atoms with E-state index in [0.29, 0.717) is 28.1 Å². The lowest BCUT2D eigenvalue weighted by atomic mass is 9.71. The van der Waals surface area contributed by atoms with E-state index >= 15 is 0 Å². The Hall–Kier alpha value is -2.83. The van der Waals surface area contributed by atoms with Crippen molar-refractivity contribution in [3.8, 4) is 5.69 Å². The first-order valence-electron chi connectivity index (χ1n) is 11.7. The summed E-state index contributed by atoms with van der Waals surface area (Å²) in [5, 5.41) is 10.5. The molecule has 4 rings (SSSR count). The van der Waals surface area contributed by atoms with Gasteiger partial charge < -0.3 is 16.4 Å². The van der Waals surface area contributed by atoms with Gasteiger partial charge in [0.1, 0.15) is 11.4 Å². The maximum Gasteiger partial charge on any atom is 0.256 e. The summed E-state index contributed by atoms with van der Waals surface area (Å²) in [6.45, 7) is 8.81. The van der Waals surface area contributed by atoms with Gasteiger partial charge in [-0.05, 0) is 74.5 Å². The molecule has 0 atom stereocenters. The molecule has 0 unspecified atom stereocenters. The zero-order chi connectivity index (χ0) is 23.0. The summed E-state index contributed by atoms with van der Waals surface area (Å²) in [6.07, 6.45) is 7.80. The normalized spacial score (nSPS) is 21.2. The second-order valence-corrected chi connectivity index (χ2v) is 10.5. The average Bonchev–Trinajstić information content (AvgIpc) is 3.47. The standard InChI is InChI=1S/C25H35N5O2/c1-15-5-6-16(23(31)28-19-11-12-19)13-21(15)30-22(26)20(14-27-30)24(32)29-18-9-7-17(8-10-18)25(2,3)4/h5-6,13-14,17-19H,7-12,26H2,1-4H3,(H,28,31)(H,29,32). The number of carbonyl (C=O) groups excluding carboxylic acids is 2. The molecule has 0 radical (unpaired) electrons. The largest absolute Gasteiger partial charge is 0.383 e. The SMILES string of the molecule is Cc1ccc(C(=O)NC2CC2)cc1-n1ncc(C(=O)NC2CCC(C(C)(C)C)CC2)c1N. The molecule has 2 amide bonds. The van der Waals surface area contributed by atoms with Gasteiger partial charge in [-0.3, -0.25) is 9.59 Å². The minimum atomic E-state index is -0.187. The monoisotopic (exact) mass is 437 g/mol. The maximum atomic E-state index is 12.9. The molecule has 0 bridgehead atoms. The molecule has 0 saturated heterocycles. The van der Waals surface area contributed by atoms with E-state index < -0.39 is 0 Å². The van der Waals surface area contributed by atoms with E-state index in [4.69, 9.17) is 5.73 Å². The van der Waals surface area contributed by atoms with Crippen LogP contribution in [0.15, 0.2) is 24.4 Å². The Morgan fingerprint density at radius 3 is 2.19 bits per heavy atom. The van der Waals surface area contributed by atoms with E-state index in [0.717, 1.165) is 44.1 Å². The van der Waals surface area contributed by atoms with E-state index in [2.05, 4.69) is 36.5 Å². The quantitative estimate of drug-likeness (QED) is 0.658. The molecule has 7 heteroatoms. The lowest BCUT2D eigenvalue weighted by Crippen LogP contribution is -2.39. The maximum absolute atomic E-state index is 12.9. The molecule has 1 aromatic heterocycles.